The number of thiazole rings is 1. The highest BCUT2D eigenvalue weighted by Gasteiger charge is 2.33. The lowest BCUT2D eigenvalue weighted by Gasteiger charge is -2.37. The maximum atomic E-state index is 14.8. The molecule has 0 saturated carbocycles. The Hall–Kier alpha value is -1.74. The van der Waals surface area contributed by atoms with Gasteiger partial charge in [0.25, 0.3) is 0 Å². The minimum Gasteiger partial charge on any atom is -0.492 e. The Morgan fingerprint density at radius 3 is 2.76 bits per heavy atom. The zero-order valence-corrected chi connectivity index (χ0v) is 15.1. The molecule has 0 spiro atoms. The summed E-state index contributed by atoms with van der Waals surface area (Å²) in [4.78, 5) is 9.73. The lowest BCUT2D eigenvalue weighted by Crippen LogP contribution is -2.46. The summed E-state index contributed by atoms with van der Waals surface area (Å²) in [6.45, 7) is 3.28. The fourth-order valence-corrected chi connectivity index (χ4v) is 4.45. The molecule has 0 bridgehead atoms. The molecule has 2 aromatic heterocycles. The summed E-state index contributed by atoms with van der Waals surface area (Å²) >= 11 is 7.33. The fourth-order valence-electron chi connectivity index (χ4n) is 3.19. The Kier molecular flexibility index (Phi) is 4.36. The standard InChI is InChI=1S/C16H17ClFN5OS/c1-21-5-7-22(8-6-21)13(10-3-2-4-11(17)12(10)18)14-15(24)23-16(25-14)19-9-20-23/h2-4,9,13,24H,5-8H2,1H3/t13-/m0/s1. The van der Waals surface area contributed by atoms with E-state index in [2.05, 4.69) is 26.9 Å². The van der Waals surface area contributed by atoms with Crippen LogP contribution in [0.5, 0.6) is 5.88 Å². The summed E-state index contributed by atoms with van der Waals surface area (Å²) in [7, 11) is 2.06. The van der Waals surface area contributed by atoms with E-state index in [0.29, 0.717) is 15.4 Å². The van der Waals surface area contributed by atoms with Gasteiger partial charge >= 0.3 is 0 Å². The van der Waals surface area contributed by atoms with Crippen LogP contribution in [-0.2, 0) is 0 Å². The van der Waals surface area contributed by atoms with E-state index >= 15 is 0 Å². The minimum atomic E-state index is -0.452. The molecule has 132 valence electrons. The zero-order chi connectivity index (χ0) is 17.6. The second kappa shape index (κ2) is 6.53. The van der Waals surface area contributed by atoms with Gasteiger partial charge in [0.15, 0.2) is 0 Å². The molecular weight excluding hydrogens is 365 g/mol. The van der Waals surface area contributed by atoms with Crippen molar-refractivity contribution >= 4 is 27.9 Å². The first kappa shape index (κ1) is 16.7. The molecule has 3 aromatic rings. The molecule has 1 aromatic carbocycles. The SMILES string of the molecule is CN1CCN([C@@H](c2cccc(Cl)c2F)c2sc3ncnn3c2O)CC1. The number of aromatic nitrogens is 3. The van der Waals surface area contributed by atoms with E-state index in [1.807, 2.05) is 0 Å². The molecule has 25 heavy (non-hydrogen) atoms. The minimum absolute atomic E-state index is 0.000744. The van der Waals surface area contributed by atoms with Gasteiger partial charge in [0.2, 0.25) is 10.8 Å². The first-order valence-electron chi connectivity index (χ1n) is 7.94. The van der Waals surface area contributed by atoms with Crippen LogP contribution in [0.3, 0.4) is 0 Å². The van der Waals surface area contributed by atoms with Gasteiger partial charge in [-0.15, -0.1) is 0 Å². The normalized spacial score (nSPS) is 18.0. The first-order chi connectivity index (χ1) is 12.1. The van der Waals surface area contributed by atoms with Gasteiger partial charge in [0, 0.05) is 31.7 Å². The average Bonchev–Trinajstić information content (AvgIpc) is 3.17. The van der Waals surface area contributed by atoms with Gasteiger partial charge < -0.3 is 10.0 Å². The maximum Gasteiger partial charge on any atom is 0.230 e. The summed E-state index contributed by atoms with van der Waals surface area (Å²) in [5, 5.41) is 14.7. The molecule has 1 N–H and O–H groups in total. The van der Waals surface area contributed by atoms with E-state index in [4.69, 9.17) is 11.6 Å². The second-order valence-corrected chi connectivity index (χ2v) is 7.55. The van der Waals surface area contributed by atoms with Crippen molar-refractivity contribution in [2.75, 3.05) is 33.2 Å². The van der Waals surface area contributed by atoms with E-state index in [1.54, 1.807) is 12.1 Å². The molecule has 0 aliphatic carbocycles. The number of hydrogen-bond acceptors (Lipinski definition) is 6. The summed E-state index contributed by atoms with van der Waals surface area (Å²) in [5.41, 5.74) is 0.455. The Bertz CT molecular complexity index is 905. The van der Waals surface area contributed by atoms with E-state index in [9.17, 15) is 9.50 Å². The zero-order valence-electron chi connectivity index (χ0n) is 13.6. The molecule has 0 unspecified atom stereocenters. The number of benzene rings is 1. The topological polar surface area (TPSA) is 56.9 Å². The fraction of sp³-hybridized carbons (Fsp3) is 0.375. The number of halogens is 2. The van der Waals surface area contributed by atoms with Crippen molar-refractivity contribution in [1.29, 1.82) is 0 Å². The van der Waals surface area contributed by atoms with Crippen LogP contribution in [0.2, 0.25) is 5.02 Å². The first-order valence-corrected chi connectivity index (χ1v) is 9.13. The van der Waals surface area contributed by atoms with Gasteiger partial charge in [-0.05, 0) is 13.1 Å². The third-order valence-electron chi connectivity index (χ3n) is 4.57. The van der Waals surface area contributed by atoms with Gasteiger partial charge in [-0.3, -0.25) is 4.90 Å². The predicted octanol–water partition coefficient (Wildman–Crippen LogP) is 2.63. The molecule has 1 fully saturated rings. The van der Waals surface area contributed by atoms with E-state index in [-0.39, 0.29) is 10.9 Å². The van der Waals surface area contributed by atoms with Crippen molar-refractivity contribution in [3.8, 4) is 5.88 Å². The smallest absolute Gasteiger partial charge is 0.230 e. The third-order valence-corrected chi connectivity index (χ3v) is 5.94. The molecule has 0 amide bonds. The Balaban J connectivity index is 1.84. The molecule has 6 nitrogen and oxygen atoms in total. The highest BCUT2D eigenvalue weighted by atomic mass is 35.5. The number of aromatic hydroxyl groups is 1. The number of piperazine rings is 1. The van der Waals surface area contributed by atoms with Crippen molar-refractivity contribution in [1.82, 2.24) is 24.4 Å². The van der Waals surface area contributed by atoms with E-state index in [1.165, 1.54) is 28.2 Å². The van der Waals surface area contributed by atoms with Crippen molar-refractivity contribution in [3.63, 3.8) is 0 Å². The molecule has 1 saturated heterocycles. The summed E-state index contributed by atoms with van der Waals surface area (Å²) in [5.74, 6) is -0.452. The van der Waals surface area contributed by atoms with Gasteiger partial charge in [0.1, 0.15) is 12.1 Å². The molecular formula is C16H17ClFN5OS. The molecule has 1 atom stereocenters. The Labute approximate surface area is 153 Å². The lowest BCUT2D eigenvalue weighted by molar-refractivity contribution is 0.125. The third kappa shape index (κ3) is 2.89. The van der Waals surface area contributed by atoms with Crippen molar-refractivity contribution in [3.05, 3.63) is 45.8 Å². The number of likely N-dealkylation sites (N-methyl/N-ethyl adjacent to an activating group) is 1. The van der Waals surface area contributed by atoms with Crippen molar-refractivity contribution in [2.45, 2.75) is 6.04 Å². The van der Waals surface area contributed by atoms with Crippen LogP contribution in [0, 0.1) is 5.82 Å². The summed E-state index contributed by atoms with van der Waals surface area (Å²) in [6.07, 6.45) is 1.39. The largest absolute Gasteiger partial charge is 0.492 e. The molecule has 4 rings (SSSR count). The van der Waals surface area contributed by atoms with Crippen molar-refractivity contribution in [2.24, 2.45) is 0 Å². The molecule has 3 heterocycles. The Morgan fingerprint density at radius 1 is 1.28 bits per heavy atom. The number of rotatable bonds is 3. The van der Waals surface area contributed by atoms with Crippen LogP contribution >= 0.6 is 22.9 Å². The van der Waals surface area contributed by atoms with Gasteiger partial charge in [-0.1, -0.05) is 35.1 Å². The molecule has 1 aliphatic rings. The summed E-state index contributed by atoms with van der Waals surface area (Å²) < 4.78 is 16.2. The highest BCUT2D eigenvalue weighted by molar-refractivity contribution is 7.17. The van der Waals surface area contributed by atoms with E-state index < -0.39 is 11.9 Å². The summed E-state index contributed by atoms with van der Waals surface area (Å²) in [6, 6.07) is 4.56. The van der Waals surface area contributed by atoms with Crippen LogP contribution < -0.4 is 0 Å². The number of nitrogens with zero attached hydrogens (tertiary/aromatic N) is 5. The Morgan fingerprint density at radius 2 is 2.04 bits per heavy atom. The van der Waals surface area contributed by atoms with Crippen LogP contribution in [0.1, 0.15) is 16.5 Å². The quantitative estimate of drug-likeness (QED) is 0.755. The van der Waals surface area contributed by atoms with Gasteiger partial charge in [-0.2, -0.15) is 9.61 Å². The van der Waals surface area contributed by atoms with Crippen LogP contribution in [0.25, 0.3) is 4.96 Å². The van der Waals surface area contributed by atoms with Gasteiger partial charge in [-0.25, -0.2) is 9.37 Å². The van der Waals surface area contributed by atoms with E-state index in [0.717, 1.165) is 26.2 Å². The predicted molar refractivity (Wildman–Crippen MR) is 94.9 cm³/mol. The van der Waals surface area contributed by atoms with Crippen LogP contribution in [-0.4, -0.2) is 62.7 Å². The number of hydrogen-bond donors (Lipinski definition) is 1. The monoisotopic (exact) mass is 381 g/mol. The highest BCUT2D eigenvalue weighted by Crippen LogP contribution is 2.41. The molecule has 9 heteroatoms. The second-order valence-electron chi connectivity index (χ2n) is 6.13. The molecule has 1 aliphatic heterocycles. The van der Waals surface area contributed by atoms with Crippen LogP contribution in [0.4, 0.5) is 4.39 Å². The van der Waals surface area contributed by atoms with Crippen molar-refractivity contribution < 1.29 is 9.50 Å². The lowest BCUT2D eigenvalue weighted by atomic mass is 10.0. The average molecular weight is 382 g/mol. The molecule has 0 radical (unpaired) electrons. The number of fused-ring (bicyclic) bond motifs is 1. The van der Waals surface area contributed by atoms with Crippen LogP contribution in [0.15, 0.2) is 24.5 Å². The maximum absolute atomic E-state index is 14.8. The van der Waals surface area contributed by atoms with Gasteiger partial charge in [0.05, 0.1) is 15.9 Å².